The van der Waals surface area contributed by atoms with Crippen molar-refractivity contribution in [3.05, 3.63) is 83.9 Å². The average molecular weight is 272 g/mol. The van der Waals surface area contributed by atoms with Gasteiger partial charge in [0.1, 0.15) is 12.0 Å². The topological polar surface area (TPSA) is 22.4 Å². The van der Waals surface area contributed by atoms with Crippen LogP contribution in [0.5, 0.6) is 5.75 Å². The number of fused-ring (bicyclic) bond motifs is 3. The highest BCUT2D eigenvalue weighted by atomic mass is 16.5. The number of rotatable bonds is 0. The van der Waals surface area contributed by atoms with Crippen molar-refractivity contribution in [3.8, 4) is 5.75 Å². The maximum absolute atomic E-state index is 6.51. The maximum Gasteiger partial charge on any atom is 0.178 e. The second kappa shape index (κ2) is 3.67. The fourth-order valence-electron chi connectivity index (χ4n) is 3.29. The summed E-state index contributed by atoms with van der Waals surface area (Å²) in [6, 6.07) is 4.15. The molecule has 3 aliphatic rings. The summed E-state index contributed by atoms with van der Waals surface area (Å²) < 4.78 is 11.9. The molecule has 0 radical (unpaired) electrons. The molecule has 1 aromatic heterocycles. The predicted octanol–water partition coefficient (Wildman–Crippen LogP) is 4.57. The molecule has 2 aliphatic carbocycles. The second-order valence-corrected chi connectivity index (χ2v) is 5.50. The molecule has 2 heteroatoms. The Morgan fingerprint density at radius 2 is 1.86 bits per heavy atom. The molecule has 0 bridgehead atoms. The molecule has 5 rings (SSSR count). The van der Waals surface area contributed by atoms with Gasteiger partial charge in [0.2, 0.25) is 0 Å². The first-order valence-electron chi connectivity index (χ1n) is 7.02. The van der Waals surface area contributed by atoms with E-state index in [4.69, 9.17) is 9.15 Å². The van der Waals surface area contributed by atoms with E-state index in [0.29, 0.717) is 0 Å². The molecular formula is C19H12O2. The second-order valence-electron chi connectivity index (χ2n) is 5.50. The summed E-state index contributed by atoms with van der Waals surface area (Å²) in [6.45, 7) is 0. The lowest BCUT2D eigenvalue weighted by Gasteiger charge is -2.40. The predicted molar refractivity (Wildman–Crippen MR) is 83.1 cm³/mol. The average Bonchev–Trinajstić information content (AvgIpc) is 3.00. The minimum absolute atomic E-state index is 0.498. The fourth-order valence-corrected chi connectivity index (χ4v) is 3.29. The van der Waals surface area contributed by atoms with Gasteiger partial charge in [0.15, 0.2) is 5.60 Å². The monoisotopic (exact) mass is 272 g/mol. The number of furan rings is 1. The van der Waals surface area contributed by atoms with E-state index in [0.717, 1.165) is 33.2 Å². The molecule has 0 saturated heterocycles. The van der Waals surface area contributed by atoms with E-state index in [1.807, 2.05) is 12.2 Å². The van der Waals surface area contributed by atoms with Gasteiger partial charge < -0.3 is 9.15 Å². The largest absolute Gasteiger partial charge is 0.472 e. The molecule has 2 heterocycles. The third-order valence-corrected chi connectivity index (χ3v) is 4.34. The Balaban J connectivity index is 1.83. The van der Waals surface area contributed by atoms with Crippen LogP contribution in [0.1, 0.15) is 5.56 Å². The lowest BCUT2D eigenvalue weighted by atomic mass is 9.77. The molecule has 2 nitrogen and oxygen atoms in total. The molecule has 1 unspecified atom stereocenters. The molecule has 21 heavy (non-hydrogen) atoms. The molecule has 100 valence electrons. The van der Waals surface area contributed by atoms with Crippen molar-refractivity contribution >= 4 is 16.8 Å². The highest BCUT2D eigenvalue weighted by Gasteiger charge is 2.41. The van der Waals surface area contributed by atoms with Gasteiger partial charge in [-0.1, -0.05) is 48.6 Å². The molecule has 0 fully saturated rings. The van der Waals surface area contributed by atoms with E-state index in [2.05, 4.69) is 48.6 Å². The molecule has 1 aromatic carbocycles. The molecule has 0 saturated carbocycles. The lowest BCUT2D eigenvalue weighted by molar-refractivity contribution is 0.201. The van der Waals surface area contributed by atoms with E-state index in [-0.39, 0.29) is 0 Å². The SMILES string of the molecule is C1=CC2=CC=CC3=Cc4ccc5cocc5c4OC23C=C1. The van der Waals surface area contributed by atoms with Crippen LogP contribution in [0, 0.1) is 0 Å². The van der Waals surface area contributed by atoms with Crippen LogP contribution in [0.3, 0.4) is 0 Å². The van der Waals surface area contributed by atoms with Crippen molar-refractivity contribution in [1.29, 1.82) is 0 Å². The summed E-state index contributed by atoms with van der Waals surface area (Å²) in [5, 5.41) is 2.09. The number of benzene rings is 1. The van der Waals surface area contributed by atoms with Gasteiger partial charge in [-0.3, -0.25) is 0 Å². The molecule has 1 spiro atoms. The van der Waals surface area contributed by atoms with E-state index in [9.17, 15) is 0 Å². The van der Waals surface area contributed by atoms with Crippen LogP contribution in [0.2, 0.25) is 0 Å². The van der Waals surface area contributed by atoms with Crippen molar-refractivity contribution in [2.24, 2.45) is 0 Å². The van der Waals surface area contributed by atoms with Crippen molar-refractivity contribution in [3.63, 3.8) is 0 Å². The van der Waals surface area contributed by atoms with Crippen LogP contribution < -0.4 is 4.74 Å². The smallest absolute Gasteiger partial charge is 0.178 e. The molecule has 1 aliphatic heterocycles. The van der Waals surface area contributed by atoms with E-state index in [1.54, 1.807) is 12.5 Å². The minimum atomic E-state index is -0.498. The van der Waals surface area contributed by atoms with E-state index in [1.165, 1.54) is 0 Å². The lowest BCUT2D eigenvalue weighted by Crippen LogP contribution is -2.41. The highest BCUT2D eigenvalue weighted by Crippen LogP contribution is 2.47. The molecule has 2 aromatic rings. The standard InChI is InChI=1S/C19H12O2/c1-2-9-19-15(4-1)5-3-6-16(19)10-13-7-8-14-11-20-12-17(14)18(13)21-19/h1-12H. The van der Waals surface area contributed by atoms with E-state index < -0.39 is 5.60 Å². The number of hydrogen-bond acceptors (Lipinski definition) is 2. The molecular weight excluding hydrogens is 260 g/mol. The quantitative estimate of drug-likeness (QED) is 0.701. The van der Waals surface area contributed by atoms with Crippen LogP contribution in [0.4, 0.5) is 0 Å². The number of ether oxygens (including phenoxy) is 1. The van der Waals surface area contributed by atoms with Crippen LogP contribution in [-0.4, -0.2) is 5.60 Å². The van der Waals surface area contributed by atoms with Gasteiger partial charge in [0.25, 0.3) is 0 Å². The van der Waals surface area contributed by atoms with Crippen molar-refractivity contribution in [2.75, 3.05) is 0 Å². The zero-order valence-corrected chi connectivity index (χ0v) is 11.2. The third kappa shape index (κ3) is 1.32. The fraction of sp³-hybridized carbons (Fsp3) is 0.0526. The Morgan fingerprint density at radius 3 is 2.86 bits per heavy atom. The van der Waals surface area contributed by atoms with Crippen LogP contribution in [0.25, 0.3) is 16.8 Å². The summed E-state index contributed by atoms with van der Waals surface area (Å²) in [4.78, 5) is 0. The van der Waals surface area contributed by atoms with Crippen molar-refractivity contribution < 1.29 is 9.15 Å². The summed E-state index contributed by atoms with van der Waals surface area (Å²) in [6.07, 6.45) is 20.3. The summed E-state index contributed by atoms with van der Waals surface area (Å²) >= 11 is 0. The Hall–Kier alpha value is -2.74. The normalized spacial score (nSPS) is 24.8. The van der Waals surface area contributed by atoms with Gasteiger partial charge in [-0.25, -0.2) is 0 Å². The Labute approximate surface area is 122 Å². The molecule has 1 atom stereocenters. The van der Waals surface area contributed by atoms with Crippen molar-refractivity contribution in [1.82, 2.24) is 0 Å². The van der Waals surface area contributed by atoms with Crippen LogP contribution >= 0.6 is 0 Å². The van der Waals surface area contributed by atoms with Gasteiger partial charge in [-0.2, -0.15) is 0 Å². The van der Waals surface area contributed by atoms with Gasteiger partial charge in [-0.05, 0) is 12.2 Å². The van der Waals surface area contributed by atoms with Crippen molar-refractivity contribution in [2.45, 2.75) is 5.60 Å². The summed E-state index contributed by atoms with van der Waals surface area (Å²) in [5.74, 6) is 0.895. The van der Waals surface area contributed by atoms with Gasteiger partial charge in [0.05, 0.1) is 11.6 Å². The zero-order valence-electron chi connectivity index (χ0n) is 11.2. The summed E-state index contributed by atoms with van der Waals surface area (Å²) in [7, 11) is 0. The van der Waals surface area contributed by atoms with Gasteiger partial charge in [0, 0.05) is 22.1 Å². The highest BCUT2D eigenvalue weighted by molar-refractivity contribution is 5.93. The van der Waals surface area contributed by atoms with Crippen LogP contribution in [0.15, 0.2) is 82.8 Å². The van der Waals surface area contributed by atoms with Gasteiger partial charge in [-0.15, -0.1) is 0 Å². The Morgan fingerprint density at radius 1 is 0.905 bits per heavy atom. The van der Waals surface area contributed by atoms with Gasteiger partial charge >= 0.3 is 0 Å². The first-order valence-corrected chi connectivity index (χ1v) is 7.02. The molecule has 0 amide bonds. The Kier molecular flexibility index (Phi) is 1.92. The maximum atomic E-state index is 6.51. The number of hydrogen-bond donors (Lipinski definition) is 0. The molecule has 0 N–H and O–H groups in total. The van der Waals surface area contributed by atoms with Crippen LogP contribution in [-0.2, 0) is 0 Å². The minimum Gasteiger partial charge on any atom is -0.472 e. The summed E-state index contributed by atoms with van der Waals surface area (Å²) in [5.41, 5.74) is 2.92. The Bertz CT molecular complexity index is 918. The number of allylic oxidation sites excluding steroid dienone is 4. The zero-order chi connectivity index (χ0) is 13.9. The third-order valence-electron chi connectivity index (χ3n) is 4.34. The first kappa shape index (κ1) is 11.0. The first-order chi connectivity index (χ1) is 10.4. The van der Waals surface area contributed by atoms with E-state index >= 15 is 0 Å².